The number of carbonyl (C=O) groups excluding carboxylic acids is 3. The molecular weight excluding hydrogens is 328 g/mol. The van der Waals surface area contributed by atoms with Crippen LogP contribution in [0.4, 0.5) is 5.69 Å². The van der Waals surface area contributed by atoms with Crippen LogP contribution in [0.5, 0.6) is 5.75 Å². The lowest BCUT2D eigenvalue weighted by molar-refractivity contribution is -0.118. The molecule has 124 valence electrons. The lowest BCUT2D eigenvalue weighted by Gasteiger charge is -2.19. The van der Waals surface area contributed by atoms with Gasteiger partial charge in [0.2, 0.25) is 0 Å². The van der Waals surface area contributed by atoms with Crippen molar-refractivity contribution in [3.63, 3.8) is 0 Å². The van der Waals surface area contributed by atoms with Crippen LogP contribution in [-0.2, 0) is 4.79 Å². The number of ketones is 1. The summed E-state index contributed by atoms with van der Waals surface area (Å²) in [4.78, 5) is 36.3. The van der Waals surface area contributed by atoms with Gasteiger partial charge >= 0.3 is 0 Å². The highest BCUT2D eigenvalue weighted by Gasteiger charge is 2.19. The first kappa shape index (κ1) is 16.2. The highest BCUT2D eigenvalue weighted by atomic mass is 32.1. The molecule has 1 aliphatic heterocycles. The molecule has 0 radical (unpaired) electrons. The van der Waals surface area contributed by atoms with E-state index in [2.05, 4.69) is 10.6 Å². The number of benzene rings is 1. The SMILES string of the molecule is C[C@@H](CC(=O)c1cccs1)NC(=O)c1ccc2c(c1)OCC(=O)N2. The molecule has 2 heterocycles. The largest absolute Gasteiger partial charge is 0.482 e. The van der Waals surface area contributed by atoms with Crippen LogP contribution in [0, 0.1) is 0 Å². The number of thiophene rings is 1. The van der Waals surface area contributed by atoms with Crippen molar-refractivity contribution < 1.29 is 19.1 Å². The second-order valence-electron chi connectivity index (χ2n) is 5.53. The van der Waals surface area contributed by atoms with Crippen LogP contribution in [0.15, 0.2) is 35.7 Å². The lowest BCUT2D eigenvalue weighted by Crippen LogP contribution is -2.34. The predicted octanol–water partition coefficient (Wildman–Crippen LogP) is 2.47. The molecule has 2 aromatic rings. The van der Waals surface area contributed by atoms with Crippen LogP contribution in [0.3, 0.4) is 0 Å². The second-order valence-corrected chi connectivity index (χ2v) is 6.47. The van der Waals surface area contributed by atoms with Gasteiger partial charge in [-0.15, -0.1) is 11.3 Å². The van der Waals surface area contributed by atoms with Crippen LogP contribution in [0.25, 0.3) is 0 Å². The molecule has 2 N–H and O–H groups in total. The fourth-order valence-corrected chi connectivity index (χ4v) is 3.07. The van der Waals surface area contributed by atoms with Crippen LogP contribution in [0.1, 0.15) is 33.4 Å². The highest BCUT2D eigenvalue weighted by Crippen LogP contribution is 2.28. The van der Waals surface area contributed by atoms with Crippen LogP contribution >= 0.6 is 11.3 Å². The van der Waals surface area contributed by atoms with Crippen LogP contribution in [-0.4, -0.2) is 30.2 Å². The average Bonchev–Trinajstić information content (AvgIpc) is 3.08. The van der Waals surface area contributed by atoms with E-state index in [9.17, 15) is 14.4 Å². The molecular formula is C17H16N2O4S. The van der Waals surface area contributed by atoms with Crippen molar-refractivity contribution in [3.05, 3.63) is 46.2 Å². The Balaban J connectivity index is 1.62. The monoisotopic (exact) mass is 344 g/mol. The summed E-state index contributed by atoms with van der Waals surface area (Å²) in [7, 11) is 0. The Morgan fingerprint density at radius 1 is 1.38 bits per heavy atom. The summed E-state index contributed by atoms with van der Waals surface area (Å²) in [5, 5.41) is 7.33. The van der Waals surface area contributed by atoms with Gasteiger partial charge in [-0.2, -0.15) is 0 Å². The maximum absolute atomic E-state index is 12.3. The minimum atomic E-state index is -0.288. The molecule has 0 fully saturated rings. The van der Waals surface area contributed by atoms with Gasteiger partial charge in [-0.05, 0) is 36.6 Å². The van der Waals surface area contributed by atoms with Gasteiger partial charge < -0.3 is 15.4 Å². The molecule has 0 saturated carbocycles. The zero-order valence-electron chi connectivity index (χ0n) is 13.0. The van der Waals surface area contributed by atoms with Crippen molar-refractivity contribution in [1.82, 2.24) is 5.32 Å². The topological polar surface area (TPSA) is 84.5 Å². The smallest absolute Gasteiger partial charge is 0.262 e. The quantitative estimate of drug-likeness (QED) is 0.816. The van der Waals surface area contributed by atoms with Gasteiger partial charge in [0.15, 0.2) is 12.4 Å². The third-order valence-corrected chi connectivity index (χ3v) is 4.45. The van der Waals surface area contributed by atoms with Crippen molar-refractivity contribution in [2.45, 2.75) is 19.4 Å². The number of hydrogen-bond acceptors (Lipinski definition) is 5. The number of carbonyl (C=O) groups is 3. The molecule has 6 nitrogen and oxygen atoms in total. The number of nitrogens with one attached hydrogen (secondary N) is 2. The Kier molecular flexibility index (Phi) is 4.61. The third-order valence-electron chi connectivity index (χ3n) is 3.54. The highest BCUT2D eigenvalue weighted by molar-refractivity contribution is 7.12. The molecule has 0 saturated heterocycles. The van der Waals surface area contributed by atoms with Gasteiger partial charge in [0.25, 0.3) is 11.8 Å². The van der Waals surface area contributed by atoms with Crippen LogP contribution in [0.2, 0.25) is 0 Å². The zero-order valence-corrected chi connectivity index (χ0v) is 13.8. The number of Topliss-reactive ketones (excluding diaryl/α,β-unsaturated/α-hetero) is 1. The molecule has 0 bridgehead atoms. The van der Waals surface area contributed by atoms with E-state index in [1.165, 1.54) is 11.3 Å². The van der Waals surface area contributed by atoms with E-state index in [0.29, 0.717) is 21.9 Å². The van der Waals surface area contributed by atoms with Crippen molar-refractivity contribution >= 4 is 34.6 Å². The van der Waals surface area contributed by atoms with E-state index in [-0.39, 0.29) is 36.7 Å². The van der Waals surface area contributed by atoms with Crippen molar-refractivity contribution in [1.29, 1.82) is 0 Å². The fraction of sp³-hybridized carbons (Fsp3) is 0.235. The van der Waals surface area contributed by atoms with E-state index < -0.39 is 0 Å². The first-order valence-corrected chi connectivity index (χ1v) is 8.35. The Labute approximate surface area is 142 Å². The fourth-order valence-electron chi connectivity index (χ4n) is 2.39. The Morgan fingerprint density at radius 3 is 2.96 bits per heavy atom. The number of rotatable bonds is 5. The van der Waals surface area contributed by atoms with Gasteiger partial charge in [0, 0.05) is 18.0 Å². The maximum Gasteiger partial charge on any atom is 0.262 e. The summed E-state index contributed by atoms with van der Waals surface area (Å²) >= 11 is 1.39. The second kappa shape index (κ2) is 6.84. The number of amides is 2. The number of anilines is 1. The van der Waals surface area contributed by atoms with E-state index in [4.69, 9.17) is 4.74 Å². The van der Waals surface area contributed by atoms with Crippen molar-refractivity contribution in [3.8, 4) is 5.75 Å². The van der Waals surface area contributed by atoms with Gasteiger partial charge in [0.05, 0.1) is 10.6 Å². The number of ether oxygens (including phenoxy) is 1. The summed E-state index contributed by atoms with van der Waals surface area (Å²) < 4.78 is 5.30. The van der Waals surface area contributed by atoms with E-state index >= 15 is 0 Å². The minimum Gasteiger partial charge on any atom is -0.482 e. The molecule has 0 spiro atoms. The molecule has 1 aliphatic rings. The molecule has 1 aromatic heterocycles. The van der Waals surface area contributed by atoms with E-state index in [1.54, 1.807) is 31.2 Å². The predicted molar refractivity (Wildman–Crippen MR) is 90.8 cm³/mol. The molecule has 7 heteroatoms. The molecule has 3 rings (SSSR count). The van der Waals surface area contributed by atoms with E-state index in [1.807, 2.05) is 11.4 Å². The van der Waals surface area contributed by atoms with Gasteiger partial charge in [-0.25, -0.2) is 0 Å². The number of fused-ring (bicyclic) bond motifs is 1. The Morgan fingerprint density at radius 2 is 2.21 bits per heavy atom. The molecule has 1 aromatic carbocycles. The first-order valence-electron chi connectivity index (χ1n) is 7.47. The van der Waals surface area contributed by atoms with Gasteiger partial charge in [-0.3, -0.25) is 14.4 Å². The summed E-state index contributed by atoms with van der Waals surface area (Å²) in [6, 6.07) is 8.13. The summed E-state index contributed by atoms with van der Waals surface area (Å²) in [6.07, 6.45) is 0.240. The molecule has 0 unspecified atom stereocenters. The maximum atomic E-state index is 12.3. The van der Waals surface area contributed by atoms with E-state index in [0.717, 1.165) is 0 Å². The average molecular weight is 344 g/mol. The molecule has 24 heavy (non-hydrogen) atoms. The van der Waals surface area contributed by atoms with Crippen LogP contribution < -0.4 is 15.4 Å². The summed E-state index contributed by atoms with van der Waals surface area (Å²) in [6.45, 7) is 1.72. The Bertz CT molecular complexity index is 786. The third kappa shape index (κ3) is 3.62. The molecule has 1 atom stereocenters. The summed E-state index contributed by atoms with van der Waals surface area (Å²) in [5.41, 5.74) is 0.962. The van der Waals surface area contributed by atoms with Crippen molar-refractivity contribution in [2.75, 3.05) is 11.9 Å². The lowest BCUT2D eigenvalue weighted by atomic mass is 10.1. The molecule has 2 amide bonds. The normalized spacial score (nSPS) is 14.1. The standard InChI is InChI=1S/C17H16N2O4S/c1-10(7-13(20)15-3-2-6-24-15)18-17(22)11-4-5-12-14(8-11)23-9-16(21)19-12/h2-6,8,10H,7,9H2,1H3,(H,18,22)(H,19,21)/t10-/m0/s1. The molecule has 0 aliphatic carbocycles. The first-order chi connectivity index (χ1) is 11.5. The summed E-state index contributed by atoms with van der Waals surface area (Å²) in [5.74, 6) is -0.0379. The van der Waals surface area contributed by atoms with Crippen molar-refractivity contribution in [2.24, 2.45) is 0 Å². The zero-order chi connectivity index (χ0) is 17.1. The minimum absolute atomic E-state index is 0.00860. The number of hydrogen-bond donors (Lipinski definition) is 2. The van der Waals surface area contributed by atoms with Gasteiger partial charge in [-0.1, -0.05) is 6.07 Å². The van der Waals surface area contributed by atoms with Gasteiger partial charge in [0.1, 0.15) is 5.75 Å². The Hall–Kier alpha value is -2.67.